The summed E-state index contributed by atoms with van der Waals surface area (Å²) in [6.45, 7) is 2.25. The summed E-state index contributed by atoms with van der Waals surface area (Å²) in [5.41, 5.74) is 1.35. The summed E-state index contributed by atoms with van der Waals surface area (Å²) in [5, 5.41) is 15.6. The number of hydrogen-bond donors (Lipinski definition) is 2. The standard InChI is InChI=1S/C23H25NO2S/c1-15(19-11-5-7-16-6-2-3-10-20(16)19)24-18-9-4-8-17(14-18)21-12-13-22(27-21)23(25)26/h2-3,5-7,10-13,15,17-18,24H,4,8-9,14H2,1H3,(H,25,26)/t15-,17?,18?/m1/s1. The number of nitrogens with one attached hydrogen (secondary N) is 1. The number of carbonyl (C=O) groups is 1. The quantitative estimate of drug-likeness (QED) is 0.573. The van der Waals surface area contributed by atoms with Gasteiger partial charge in [0.15, 0.2) is 0 Å². The van der Waals surface area contributed by atoms with Crippen LogP contribution in [0.3, 0.4) is 0 Å². The van der Waals surface area contributed by atoms with E-state index in [1.807, 2.05) is 6.07 Å². The lowest BCUT2D eigenvalue weighted by atomic mass is 9.84. The molecule has 1 heterocycles. The molecule has 1 aliphatic rings. The molecule has 4 heteroatoms. The Hall–Kier alpha value is -2.17. The van der Waals surface area contributed by atoms with Crippen molar-refractivity contribution in [1.82, 2.24) is 5.32 Å². The third-order valence-corrected chi connectivity index (χ3v) is 6.93. The molecule has 0 aliphatic heterocycles. The molecule has 4 rings (SSSR count). The number of fused-ring (bicyclic) bond motifs is 1. The fourth-order valence-electron chi connectivity index (χ4n) is 4.36. The van der Waals surface area contributed by atoms with Crippen LogP contribution >= 0.6 is 11.3 Å². The first-order valence-corrected chi connectivity index (χ1v) is 10.5. The van der Waals surface area contributed by atoms with Gasteiger partial charge in [-0.2, -0.15) is 0 Å². The Bertz CT molecular complexity index is 943. The van der Waals surface area contributed by atoms with Crippen LogP contribution in [0.25, 0.3) is 10.8 Å². The van der Waals surface area contributed by atoms with E-state index in [2.05, 4.69) is 54.7 Å². The Morgan fingerprint density at radius 2 is 1.93 bits per heavy atom. The van der Waals surface area contributed by atoms with Gasteiger partial charge in [-0.15, -0.1) is 11.3 Å². The number of carboxylic acids is 1. The second kappa shape index (κ2) is 7.83. The maximum absolute atomic E-state index is 11.2. The van der Waals surface area contributed by atoms with Crippen LogP contribution in [0.4, 0.5) is 0 Å². The Morgan fingerprint density at radius 1 is 1.11 bits per heavy atom. The first-order chi connectivity index (χ1) is 13.1. The molecule has 0 spiro atoms. The Labute approximate surface area is 164 Å². The molecule has 1 aliphatic carbocycles. The van der Waals surface area contributed by atoms with Crippen LogP contribution in [0.2, 0.25) is 0 Å². The van der Waals surface area contributed by atoms with Crippen molar-refractivity contribution in [1.29, 1.82) is 0 Å². The summed E-state index contributed by atoms with van der Waals surface area (Å²) < 4.78 is 0. The first-order valence-electron chi connectivity index (χ1n) is 9.68. The molecule has 0 saturated heterocycles. The lowest BCUT2D eigenvalue weighted by Gasteiger charge is -2.32. The van der Waals surface area contributed by atoms with Crippen molar-refractivity contribution in [3.05, 3.63) is 69.9 Å². The Morgan fingerprint density at radius 3 is 2.74 bits per heavy atom. The third kappa shape index (κ3) is 3.92. The minimum atomic E-state index is -0.818. The fraction of sp³-hybridized carbons (Fsp3) is 0.348. The monoisotopic (exact) mass is 379 g/mol. The first kappa shape index (κ1) is 18.2. The van der Waals surface area contributed by atoms with Crippen molar-refractivity contribution in [2.24, 2.45) is 0 Å². The molecule has 1 saturated carbocycles. The highest BCUT2D eigenvalue weighted by atomic mass is 32.1. The van der Waals surface area contributed by atoms with Crippen molar-refractivity contribution in [2.45, 2.75) is 50.6 Å². The second-order valence-corrected chi connectivity index (χ2v) is 8.64. The topological polar surface area (TPSA) is 49.3 Å². The van der Waals surface area contributed by atoms with Crippen LogP contribution in [0.15, 0.2) is 54.6 Å². The van der Waals surface area contributed by atoms with Gasteiger partial charge in [0.2, 0.25) is 0 Å². The molecule has 2 unspecified atom stereocenters. The van der Waals surface area contributed by atoms with Crippen LogP contribution < -0.4 is 5.32 Å². The zero-order valence-corrected chi connectivity index (χ0v) is 16.3. The maximum Gasteiger partial charge on any atom is 0.345 e. The average molecular weight is 380 g/mol. The van der Waals surface area contributed by atoms with Gasteiger partial charge in [0.05, 0.1) is 0 Å². The fourth-order valence-corrected chi connectivity index (χ4v) is 5.35. The largest absolute Gasteiger partial charge is 0.477 e. The van der Waals surface area contributed by atoms with Gasteiger partial charge in [-0.25, -0.2) is 4.79 Å². The molecule has 0 amide bonds. The van der Waals surface area contributed by atoms with Crippen LogP contribution in [0, 0.1) is 0 Å². The molecular formula is C23H25NO2S. The Balaban J connectivity index is 1.47. The summed E-state index contributed by atoms with van der Waals surface area (Å²) in [6.07, 6.45) is 4.60. The molecule has 1 fully saturated rings. The predicted octanol–water partition coefficient (Wildman–Crippen LogP) is 5.98. The van der Waals surface area contributed by atoms with Crippen LogP contribution in [-0.2, 0) is 0 Å². The molecule has 1 aromatic heterocycles. The van der Waals surface area contributed by atoms with E-state index in [0.29, 0.717) is 16.8 Å². The molecule has 140 valence electrons. The van der Waals surface area contributed by atoms with Crippen LogP contribution in [0.5, 0.6) is 0 Å². The number of benzene rings is 2. The van der Waals surface area contributed by atoms with Gasteiger partial charge in [0, 0.05) is 17.0 Å². The molecule has 3 aromatic rings. The minimum Gasteiger partial charge on any atom is -0.477 e. The lowest BCUT2D eigenvalue weighted by molar-refractivity contribution is 0.0702. The smallest absolute Gasteiger partial charge is 0.345 e. The zero-order valence-electron chi connectivity index (χ0n) is 15.5. The van der Waals surface area contributed by atoms with Gasteiger partial charge < -0.3 is 10.4 Å². The minimum absolute atomic E-state index is 0.290. The van der Waals surface area contributed by atoms with E-state index >= 15 is 0 Å². The number of rotatable bonds is 5. The van der Waals surface area contributed by atoms with Crippen LogP contribution in [0.1, 0.15) is 64.7 Å². The van der Waals surface area contributed by atoms with Gasteiger partial charge >= 0.3 is 5.97 Å². The number of thiophene rings is 1. The van der Waals surface area contributed by atoms with Crippen molar-refractivity contribution < 1.29 is 9.90 Å². The highest BCUT2D eigenvalue weighted by Gasteiger charge is 2.26. The Kier molecular flexibility index (Phi) is 5.28. The van der Waals surface area contributed by atoms with E-state index in [1.54, 1.807) is 6.07 Å². The molecule has 2 N–H and O–H groups in total. The van der Waals surface area contributed by atoms with Gasteiger partial charge in [-0.05, 0) is 60.6 Å². The zero-order chi connectivity index (χ0) is 18.8. The van der Waals surface area contributed by atoms with E-state index in [0.717, 1.165) is 12.8 Å². The number of hydrogen-bond acceptors (Lipinski definition) is 3. The molecule has 2 aromatic carbocycles. The van der Waals surface area contributed by atoms with Crippen molar-refractivity contribution in [3.8, 4) is 0 Å². The number of aromatic carboxylic acids is 1. The highest BCUT2D eigenvalue weighted by Crippen LogP contribution is 2.37. The summed E-state index contributed by atoms with van der Waals surface area (Å²) in [5.74, 6) is -0.352. The van der Waals surface area contributed by atoms with E-state index in [4.69, 9.17) is 0 Å². The van der Waals surface area contributed by atoms with E-state index in [9.17, 15) is 9.90 Å². The van der Waals surface area contributed by atoms with E-state index < -0.39 is 5.97 Å². The van der Waals surface area contributed by atoms with E-state index in [1.165, 1.54) is 45.4 Å². The van der Waals surface area contributed by atoms with Crippen molar-refractivity contribution >= 4 is 28.1 Å². The van der Waals surface area contributed by atoms with Crippen molar-refractivity contribution in [3.63, 3.8) is 0 Å². The average Bonchev–Trinajstić information content (AvgIpc) is 3.18. The molecule has 0 bridgehead atoms. The van der Waals surface area contributed by atoms with E-state index in [-0.39, 0.29) is 6.04 Å². The van der Waals surface area contributed by atoms with Crippen molar-refractivity contribution in [2.75, 3.05) is 0 Å². The SMILES string of the molecule is C[C@@H](NC1CCCC(c2ccc(C(=O)O)s2)C1)c1cccc2ccccc12. The van der Waals surface area contributed by atoms with Gasteiger partial charge in [0.1, 0.15) is 4.88 Å². The molecular weight excluding hydrogens is 354 g/mol. The summed E-state index contributed by atoms with van der Waals surface area (Å²) in [7, 11) is 0. The van der Waals surface area contributed by atoms with Crippen LogP contribution in [-0.4, -0.2) is 17.1 Å². The second-order valence-electron chi connectivity index (χ2n) is 7.52. The molecule has 3 nitrogen and oxygen atoms in total. The predicted molar refractivity (Wildman–Crippen MR) is 112 cm³/mol. The molecule has 0 radical (unpaired) electrons. The lowest BCUT2D eigenvalue weighted by Crippen LogP contribution is -2.35. The number of carboxylic acid groups (broad SMARTS) is 1. The normalized spacial score (nSPS) is 21.2. The van der Waals surface area contributed by atoms with Gasteiger partial charge in [-0.3, -0.25) is 0 Å². The maximum atomic E-state index is 11.2. The highest BCUT2D eigenvalue weighted by molar-refractivity contribution is 7.14. The summed E-state index contributed by atoms with van der Waals surface area (Å²) in [4.78, 5) is 12.8. The van der Waals surface area contributed by atoms with Gasteiger partial charge in [0.25, 0.3) is 0 Å². The summed E-state index contributed by atoms with van der Waals surface area (Å²) >= 11 is 1.44. The molecule has 27 heavy (non-hydrogen) atoms. The summed E-state index contributed by atoms with van der Waals surface area (Å²) in [6, 6.07) is 19.6. The van der Waals surface area contributed by atoms with Gasteiger partial charge in [-0.1, -0.05) is 48.9 Å². The third-order valence-electron chi connectivity index (χ3n) is 5.69. The molecule has 3 atom stereocenters.